The molecular formula is C27H27N3O4. The molecule has 3 aromatic rings. The number of methoxy groups -OCH3 is 1. The van der Waals surface area contributed by atoms with Gasteiger partial charge in [-0.1, -0.05) is 42.5 Å². The van der Waals surface area contributed by atoms with E-state index < -0.39 is 0 Å². The average Bonchev–Trinajstić information content (AvgIpc) is 3.09. The first-order valence-corrected chi connectivity index (χ1v) is 11.0. The lowest BCUT2D eigenvalue weighted by atomic mass is 10.0. The Kier molecular flexibility index (Phi) is 6.75. The summed E-state index contributed by atoms with van der Waals surface area (Å²) in [5.41, 5.74) is 2.79. The summed E-state index contributed by atoms with van der Waals surface area (Å²) < 4.78 is 5.32. The van der Waals surface area contributed by atoms with Gasteiger partial charge in [-0.15, -0.1) is 0 Å². The SMILES string of the molecule is COc1cccc(C(CNC(=O)c2ccc3c(c2)C(=O)N(Cc2ccccc2)C3=O)N(C)C)c1. The van der Waals surface area contributed by atoms with Gasteiger partial charge in [-0.3, -0.25) is 19.3 Å². The summed E-state index contributed by atoms with van der Waals surface area (Å²) in [7, 11) is 5.50. The molecule has 0 bridgehead atoms. The van der Waals surface area contributed by atoms with E-state index in [0.717, 1.165) is 16.9 Å². The van der Waals surface area contributed by atoms with Crippen molar-refractivity contribution >= 4 is 17.7 Å². The molecule has 0 aliphatic carbocycles. The van der Waals surface area contributed by atoms with Crippen LogP contribution in [-0.2, 0) is 6.54 Å². The van der Waals surface area contributed by atoms with Crippen LogP contribution in [0, 0.1) is 0 Å². The minimum Gasteiger partial charge on any atom is -0.497 e. The molecule has 3 aromatic carbocycles. The minimum absolute atomic E-state index is 0.0712. The molecule has 1 heterocycles. The predicted molar refractivity (Wildman–Crippen MR) is 129 cm³/mol. The number of carbonyl (C=O) groups is 3. The number of fused-ring (bicyclic) bond motifs is 1. The van der Waals surface area contributed by atoms with Gasteiger partial charge in [-0.05, 0) is 55.6 Å². The van der Waals surface area contributed by atoms with Crippen molar-refractivity contribution in [2.45, 2.75) is 12.6 Å². The zero-order valence-corrected chi connectivity index (χ0v) is 19.4. The summed E-state index contributed by atoms with van der Waals surface area (Å²) >= 11 is 0. The first-order valence-electron chi connectivity index (χ1n) is 11.0. The van der Waals surface area contributed by atoms with Gasteiger partial charge in [0.05, 0.1) is 30.8 Å². The quantitative estimate of drug-likeness (QED) is 0.524. The molecule has 174 valence electrons. The molecule has 1 atom stereocenters. The zero-order valence-electron chi connectivity index (χ0n) is 19.4. The van der Waals surface area contributed by atoms with E-state index in [1.165, 1.54) is 11.0 Å². The highest BCUT2D eigenvalue weighted by molar-refractivity contribution is 6.22. The lowest BCUT2D eigenvalue weighted by molar-refractivity contribution is 0.0642. The van der Waals surface area contributed by atoms with Crippen molar-refractivity contribution in [3.8, 4) is 5.75 Å². The van der Waals surface area contributed by atoms with Gasteiger partial charge in [0, 0.05) is 12.1 Å². The van der Waals surface area contributed by atoms with E-state index >= 15 is 0 Å². The molecule has 7 heteroatoms. The third-order valence-electron chi connectivity index (χ3n) is 5.97. The largest absolute Gasteiger partial charge is 0.497 e. The number of nitrogens with one attached hydrogen (secondary N) is 1. The van der Waals surface area contributed by atoms with Gasteiger partial charge in [0.25, 0.3) is 17.7 Å². The molecule has 34 heavy (non-hydrogen) atoms. The third kappa shape index (κ3) is 4.70. The van der Waals surface area contributed by atoms with Crippen molar-refractivity contribution in [1.82, 2.24) is 15.1 Å². The Hall–Kier alpha value is -3.97. The highest BCUT2D eigenvalue weighted by atomic mass is 16.5. The number of nitrogens with zero attached hydrogens (tertiary/aromatic N) is 2. The summed E-state index contributed by atoms with van der Waals surface area (Å²) in [6.07, 6.45) is 0. The third-order valence-corrected chi connectivity index (χ3v) is 5.97. The van der Waals surface area contributed by atoms with Crippen molar-refractivity contribution < 1.29 is 19.1 Å². The number of amides is 3. The Morgan fingerprint density at radius 2 is 1.68 bits per heavy atom. The van der Waals surface area contributed by atoms with Crippen molar-refractivity contribution in [3.63, 3.8) is 0 Å². The topological polar surface area (TPSA) is 79.0 Å². The van der Waals surface area contributed by atoms with Crippen molar-refractivity contribution in [3.05, 3.63) is 101 Å². The average molecular weight is 458 g/mol. The van der Waals surface area contributed by atoms with E-state index in [-0.39, 0.29) is 35.9 Å². The van der Waals surface area contributed by atoms with Gasteiger partial charge in [-0.25, -0.2) is 0 Å². The Morgan fingerprint density at radius 3 is 2.38 bits per heavy atom. The molecule has 0 aromatic heterocycles. The smallest absolute Gasteiger partial charge is 0.261 e. The van der Waals surface area contributed by atoms with Crippen molar-refractivity contribution in [2.24, 2.45) is 0 Å². The van der Waals surface area contributed by atoms with E-state index in [9.17, 15) is 14.4 Å². The molecule has 0 saturated carbocycles. The molecule has 7 nitrogen and oxygen atoms in total. The number of carbonyl (C=O) groups excluding carboxylic acids is 3. The summed E-state index contributed by atoms with van der Waals surface area (Å²) in [5.74, 6) is -0.292. The predicted octanol–water partition coefficient (Wildman–Crippen LogP) is 3.52. The second kappa shape index (κ2) is 9.89. The van der Waals surface area contributed by atoms with Crippen molar-refractivity contribution in [1.29, 1.82) is 0 Å². The molecule has 0 saturated heterocycles. The number of hydrogen-bond donors (Lipinski definition) is 1. The minimum atomic E-state index is -0.388. The molecule has 0 spiro atoms. The summed E-state index contributed by atoms with van der Waals surface area (Å²) in [4.78, 5) is 41.9. The van der Waals surface area contributed by atoms with Gasteiger partial charge in [0.15, 0.2) is 0 Å². The van der Waals surface area contributed by atoms with Gasteiger partial charge in [-0.2, -0.15) is 0 Å². The zero-order chi connectivity index (χ0) is 24.2. The lowest BCUT2D eigenvalue weighted by Gasteiger charge is -2.25. The van der Waals surface area contributed by atoms with Crippen LogP contribution in [0.15, 0.2) is 72.8 Å². The highest BCUT2D eigenvalue weighted by Gasteiger charge is 2.36. The molecule has 1 aliphatic heterocycles. The van der Waals surface area contributed by atoms with E-state index in [1.54, 1.807) is 19.2 Å². The van der Waals surface area contributed by atoms with Crippen LogP contribution in [0.4, 0.5) is 0 Å². The number of hydrogen-bond acceptors (Lipinski definition) is 5. The molecule has 1 N–H and O–H groups in total. The Bertz CT molecular complexity index is 1220. The second-order valence-corrected chi connectivity index (χ2v) is 8.41. The van der Waals surface area contributed by atoms with E-state index in [2.05, 4.69) is 5.32 Å². The second-order valence-electron chi connectivity index (χ2n) is 8.41. The number of likely N-dealkylation sites (N-methyl/N-ethyl adjacent to an activating group) is 1. The highest BCUT2D eigenvalue weighted by Crippen LogP contribution is 2.26. The van der Waals surface area contributed by atoms with Crippen LogP contribution in [0.2, 0.25) is 0 Å². The fourth-order valence-electron chi connectivity index (χ4n) is 4.08. The van der Waals surface area contributed by atoms with Crippen molar-refractivity contribution in [2.75, 3.05) is 27.7 Å². The Labute approximate surface area is 198 Å². The summed E-state index contributed by atoms with van der Waals surface area (Å²) in [5, 5.41) is 2.95. The van der Waals surface area contributed by atoms with E-state index in [4.69, 9.17) is 4.74 Å². The standard InChI is InChI=1S/C27H27N3O4/c1-29(2)24(19-10-7-11-21(14-19)34-3)16-28-25(31)20-12-13-22-23(15-20)27(33)30(26(22)32)17-18-8-5-4-6-9-18/h4-15,24H,16-17H2,1-3H3,(H,28,31). The monoisotopic (exact) mass is 457 g/mol. The first kappa shape index (κ1) is 23.2. The molecule has 1 aliphatic rings. The van der Waals surface area contributed by atoms with Crippen LogP contribution in [0.5, 0.6) is 5.75 Å². The number of benzene rings is 3. The van der Waals surface area contributed by atoms with Gasteiger partial charge >= 0.3 is 0 Å². The number of rotatable bonds is 8. The maximum absolute atomic E-state index is 12.9. The fourth-order valence-corrected chi connectivity index (χ4v) is 4.08. The van der Waals surface area contributed by atoms with Gasteiger partial charge in [0.2, 0.25) is 0 Å². The van der Waals surface area contributed by atoms with Crippen LogP contribution in [0.1, 0.15) is 48.2 Å². The summed E-state index contributed by atoms with van der Waals surface area (Å²) in [6, 6.07) is 21.6. The van der Waals surface area contributed by atoms with Crippen LogP contribution >= 0.6 is 0 Å². The molecule has 4 rings (SSSR count). The van der Waals surface area contributed by atoms with Gasteiger partial charge in [0.1, 0.15) is 5.75 Å². The molecule has 3 amide bonds. The molecule has 1 unspecified atom stereocenters. The maximum Gasteiger partial charge on any atom is 0.261 e. The number of ether oxygens (including phenoxy) is 1. The van der Waals surface area contributed by atoms with E-state index in [0.29, 0.717) is 17.7 Å². The van der Waals surface area contributed by atoms with Crippen LogP contribution in [-0.4, -0.2) is 55.3 Å². The van der Waals surface area contributed by atoms with Crippen LogP contribution in [0.25, 0.3) is 0 Å². The Balaban J connectivity index is 1.48. The maximum atomic E-state index is 12.9. The summed E-state index contributed by atoms with van der Waals surface area (Å²) in [6.45, 7) is 0.558. The van der Waals surface area contributed by atoms with Crippen LogP contribution < -0.4 is 10.1 Å². The molecule has 0 fully saturated rings. The normalized spacial score (nSPS) is 13.7. The number of imide groups is 1. The Morgan fingerprint density at radius 1 is 0.941 bits per heavy atom. The fraction of sp³-hybridized carbons (Fsp3) is 0.222. The lowest BCUT2D eigenvalue weighted by Crippen LogP contribution is -2.34. The molecular weight excluding hydrogens is 430 g/mol. The van der Waals surface area contributed by atoms with E-state index in [1.807, 2.05) is 73.6 Å². The first-order chi connectivity index (χ1) is 16.4. The molecule has 0 radical (unpaired) electrons. The van der Waals surface area contributed by atoms with Gasteiger partial charge < -0.3 is 15.0 Å². The van der Waals surface area contributed by atoms with Crippen LogP contribution in [0.3, 0.4) is 0 Å².